The molecule has 2 saturated heterocycles. The second-order valence-electron chi connectivity index (χ2n) is 8.13. The maximum atomic E-state index is 11.6. The molecule has 4 heterocycles. The number of sulfone groups is 1. The first kappa shape index (κ1) is 18.8. The summed E-state index contributed by atoms with van der Waals surface area (Å²) in [5.74, 6) is 0.645. The Bertz CT molecular complexity index is 886. The van der Waals surface area contributed by atoms with Crippen LogP contribution in [0.2, 0.25) is 0 Å². The van der Waals surface area contributed by atoms with Gasteiger partial charge in [0.2, 0.25) is 0 Å². The van der Waals surface area contributed by atoms with Crippen LogP contribution in [0.3, 0.4) is 0 Å². The normalized spacial score (nSPS) is 22.6. The summed E-state index contributed by atoms with van der Waals surface area (Å²) in [7, 11) is -2.79. The number of rotatable bonds is 4. The molecular weight excluding hydrogens is 362 g/mol. The summed E-state index contributed by atoms with van der Waals surface area (Å²) in [6, 6.07) is 3.04. The predicted molar refractivity (Wildman–Crippen MR) is 106 cm³/mol. The molecule has 0 atom stereocenters. The van der Waals surface area contributed by atoms with Gasteiger partial charge in [0, 0.05) is 43.3 Å². The van der Waals surface area contributed by atoms with Crippen molar-refractivity contribution in [3.8, 4) is 0 Å². The lowest BCUT2D eigenvalue weighted by atomic mass is 10.0. The van der Waals surface area contributed by atoms with E-state index in [9.17, 15) is 8.42 Å². The van der Waals surface area contributed by atoms with Crippen LogP contribution in [0.5, 0.6) is 0 Å². The minimum absolute atomic E-state index is 0.310. The molecule has 0 spiro atoms. The van der Waals surface area contributed by atoms with Gasteiger partial charge in [-0.15, -0.1) is 0 Å². The molecule has 8 heteroatoms. The average Bonchev–Trinajstić information content (AvgIpc) is 3.06. The zero-order chi connectivity index (χ0) is 19.0. The molecule has 0 aliphatic carbocycles. The van der Waals surface area contributed by atoms with Crippen molar-refractivity contribution in [2.75, 3.05) is 37.7 Å². The number of hydrogen-bond acceptors (Lipinski definition) is 6. The molecule has 4 rings (SSSR count). The smallest absolute Gasteiger partial charge is 0.157 e. The van der Waals surface area contributed by atoms with Gasteiger partial charge < -0.3 is 0 Å². The van der Waals surface area contributed by atoms with Gasteiger partial charge in [-0.1, -0.05) is 0 Å². The maximum absolute atomic E-state index is 11.6. The van der Waals surface area contributed by atoms with E-state index < -0.39 is 9.84 Å². The van der Waals surface area contributed by atoms with E-state index in [-0.39, 0.29) is 0 Å². The zero-order valence-electron chi connectivity index (χ0n) is 16.2. The van der Waals surface area contributed by atoms with Gasteiger partial charge in [0.15, 0.2) is 15.5 Å². The molecule has 27 heavy (non-hydrogen) atoms. The summed E-state index contributed by atoms with van der Waals surface area (Å²) in [5, 5.41) is 5.55. The molecule has 0 amide bonds. The fourth-order valence-electron chi connectivity index (χ4n) is 4.24. The molecular formula is C19H29N5O2S. The summed E-state index contributed by atoms with van der Waals surface area (Å²) in [6.07, 6.45) is 6.11. The van der Waals surface area contributed by atoms with Crippen molar-refractivity contribution in [1.29, 1.82) is 0 Å². The maximum Gasteiger partial charge on any atom is 0.157 e. The van der Waals surface area contributed by atoms with E-state index >= 15 is 0 Å². The van der Waals surface area contributed by atoms with Crippen molar-refractivity contribution < 1.29 is 8.42 Å². The van der Waals surface area contributed by atoms with Gasteiger partial charge in [0.05, 0.1) is 17.7 Å². The minimum Gasteiger partial charge on any atom is -0.299 e. The van der Waals surface area contributed by atoms with Gasteiger partial charge in [-0.05, 0) is 51.4 Å². The van der Waals surface area contributed by atoms with E-state index in [0.29, 0.717) is 36.7 Å². The highest BCUT2D eigenvalue weighted by Crippen LogP contribution is 2.22. The molecule has 2 fully saturated rings. The minimum atomic E-state index is -2.79. The Morgan fingerprint density at radius 3 is 2.48 bits per heavy atom. The molecule has 0 N–H and O–H groups in total. The first-order chi connectivity index (χ1) is 12.9. The summed E-state index contributed by atoms with van der Waals surface area (Å²) in [5.41, 5.74) is 2.18. The molecule has 2 aromatic rings. The van der Waals surface area contributed by atoms with Gasteiger partial charge in [0.1, 0.15) is 0 Å². The molecule has 0 bridgehead atoms. The lowest BCUT2D eigenvalue weighted by Crippen LogP contribution is -2.50. The highest BCUT2D eigenvalue weighted by Gasteiger charge is 2.29. The molecule has 0 radical (unpaired) electrons. The van der Waals surface area contributed by atoms with E-state index in [1.165, 1.54) is 5.56 Å². The van der Waals surface area contributed by atoms with Crippen LogP contribution in [0.1, 0.15) is 38.3 Å². The van der Waals surface area contributed by atoms with Gasteiger partial charge in [-0.3, -0.25) is 9.80 Å². The van der Waals surface area contributed by atoms with Crippen molar-refractivity contribution in [2.24, 2.45) is 0 Å². The summed E-state index contributed by atoms with van der Waals surface area (Å²) in [4.78, 5) is 9.50. The van der Waals surface area contributed by atoms with Crippen LogP contribution in [-0.4, -0.2) is 76.7 Å². The molecule has 2 aliphatic rings. The Morgan fingerprint density at radius 2 is 1.81 bits per heavy atom. The Kier molecular flexibility index (Phi) is 5.22. The van der Waals surface area contributed by atoms with Crippen LogP contribution in [0.15, 0.2) is 18.5 Å². The average molecular weight is 392 g/mol. The Labute approximate surface area is 161 Å². The van der Waals surface area contributed by atoms with Crippen molar-refractivity contribution in [3.05, 3.63) is 24.0 Å². The third-order valence-electron chi connectivity index (χ3n) is 5.84. The van der Waals surface area contributed by atoms with Gasteiger partial charge in [-0.25, -0.2) is 18.1 Å². The number of fused-ring (bicyclic) bond motifs is 1. The zero-order valence-corrected chi connectivity index (χ0v) is 17.0. The third-order valence-corrected chi connectivity index (χ3v) is 7.45. The second-order valence-corrected chi connectivity index (χ2v) is 10.4. The lowest BCUT2D eigenvalue weighted by molar-refractivity contribution is 0.111. The highest BCUT2D eigenvalue weighted by molar-refractivity contribution is 7.91. The van der Waals surface area contributed by atoms with Crippen molar-refractivity contribution >= 4 is 20.9 Å². The van der Waals surface area contributed by atoms with Crippen LogP contribution in [-0.2, 0) is 16.4 Å². The molecule has 0 saturated carbocycles. The topological polar surface area (TPSA) is 71.3 Å². The number of aromatic nitrogens is 3. The van der Waals surface area contributed by atoms with Crippen molar-refractivity contribution in [3.63, 3.8) is 0 Å². The van der Waals surface area contributed by atoms with E-state index in [2.05, 4.69) is 39.8 Å². The fourth-order valence-corrected chi connectivity index (χ4v) is 5.47. The van der Waals surface area contributed by atoms with E-state index in [1.807, 2.05) is 17.1 Å². The van der Waals surface area contributed by atoms with E-state index in [4.69, 9.17) is 0 Å². The van der Waals surface area contributed by atoms with Crippen molar-refractivity contribution in [1.82, 2.24) is 24.6 Å². The highest BCUT2D eigenvalue weighted by atomic mass is 32.2. The predicted octanol–water partition coefficient (Wildman–Crippen LogP) is 1.71. The molecule has 2 aliphatic heterocycles. The second kappa shape index (κ2) is 7.48. The molecule has 0 aromatic carbocycles. The Hall–Kier alpha value is -1.51. The lowest BCUT2D eigenvalue weighted by Gasteiger charge is -2.40. The van der Waals surface area contributed by atoms with Crippen molar-refractivity contribution in [2.45, 2.75) is 45.3 Å². The van der Waals surface area contributed by atoms with Gasteiger partial charge in [0.25, 0.3) is 0 Å². The largest absolute Gasteiger partial charge is 0.299 e. The number of nitrogens with zero attached hydrogens (tertiary/aromatic N) is 5. The Morgan fingerprint density at radius 1 is 1.11 bits per heavy atom. The molecule has 148 valence electrons. The van der Waals surface area contributed by atoms with Crippen LogP contribution >= 0.6 is 0 Å². The molecule has 0 unspecified atom stereocenters. The number of likely N-dealkylation sites (tertiary alicyclic amines) is 1. The fraction of sp³-hybridized carbons (Fsp3) is 0.684. The van der Waals surface area contributed by atoms with Gasteiger partial charge in [-0.2, -0.15) is 5.10 Å². The molecule has 7 nitrogen and oxygen atoms in total. The first-order valence-electron chi connectivity index (χ1n) is 9.90. The van der Waals surface area contributed by atoms with E-state index in [0.717, 1.165) is 43.5 Å². The standard InChI is InChI=1S/C19H29N5O2S/c1-15(2)24-19-17(13-21-24)11-16(12-20-19)14-22-5-3-18(4-6-22)23-7-9-27(25,26)10-8-23/h11-13,15,18H,3-10,14H2,1-2H3. The number of piperidine rings is 1. The van der Waals surface area contributed by atoms with Crippen LogP contribution in [0.4, 0.5) is 0 Å². The number of hydrogen-bond donors (Lipinski definition) is 0. The van der Waals surface area contributed by atoms with Crippen LogP contribution in [0, 0.1) is 0 Å². The summed E-state index contributed by atoms with van der Waals surface area (Å²) >= 11 is 0. The molecule has 2 aromatic heterocycles. The van der Waals surface area contributed by atoms with Crippen LogP contribution < -0.4 is 0 Å². The quantitative estimate of drug-likeness (QED) is 0.790. The van der Waals surface area contributed by atoms with E-state index in [1.54, 1.807) is 0 Å². The monoisotopic (exact) mass is 391 g/mol. The third kappa shape index (κ3) is 4.17. The summed E-state index contributed by atoms with van der Waals surface area (Å²) in [6.45, 7) is 8.65. The Balaban J connectivity index is 1.33. The number of pyridine rings is 1. The van der Waals surface area contributed by atoms with Gasteiger partial charge >= 0.3 is 0 Å². The first-order valence-corrected chi connectivity index (χ1v) is 11.7. The van der Waals surface area contributed by atoms with Crippen LogP contribution in [0.25, 0.3) is 11.0 Å². The summed E-state index contributed by atoms with van der Waals surface area (Å²) < 4.78 is 25.2. The SMILES string of the molecule is CC(C)n1ncc2cc(CN3CCC(N4CCS(=O)(=O)CC4)CC3)cnc21.